The molecule has 0 bridgehead atoms. The lowest BCUT2D eigenvalue weighted by atomic mass is 9.84. The van der Waals surface area contributed by atoms with Crippen LogP contribution in [0.1, 0.15) is 32.4 Å². The van der Waals surface area contributed by atoms with Gasteiger partial charge in [0.1, 0.15) is 17.5 Å². The van der Waals surface area contributed by atoms with E-state index in [9.17, 15) is 0 Å². The van der Waals surface area contributed by atoms with Crippen LogP contribution in [0.25, 0.3) is 16.9 Å². The summed E-state index contributed by atoms with van der Waals surface area (Å²) in [5.74, 6) is 1.34. The van der Waals surface area contributed by atoms with E-state index < -0.39 is 0 Å². The predicted octanol–water partition coefficient (Wildman–Crippen LogP) is 4.21. The molecule has 0 atom stereocenters. The van der Waals surface area contributed by atoms with Gasteiger partial charge in [-0.15, -0.1) is 0 Å². The summed E-state index contributed by atoms with van der Waals surface area (Å²) in [6, 6.07) is 8.31. The Morgan fingerprint density at radius 2 is 2.04 bits per heavy atom. The first kappa shape index (κ1) is 15.4. The maximum Gasteiger partial charge on any atom is 0.318 e. The summed E-state index contributed by atoms with van der Waals surface area (Å²) in [6.07, 6.45) is 4.78. The number of para-hydroxylation sites is 2. The first-order valence-electron chi connectivity index (χ1n) is 8.31. The van der Waals surface area contributed by atoms with E-state index in [0.29, 0.717) is 22.8 Å². The summed E-state index contributed by atoms with van der Waals surface area (Å²) in [4.78, 5) is 13.5. The molecule has 2 heterocycles. The van der Waals surface area contributed by atoms with Crippen molar-refractivity contribution >= 4 is 22.6 Å². The van der Waals surface area contributed by atoms with E-state index in [1.54, 1.807) is 6.33 Å². The van der Waals surface area contributed by atoms with Crippen molar-refractivity contribution in [3.63, 3.8) is 0 Å². The summed E-state index contributed by atoms with van der Waals surface area (Å²) in [6.45, 7) is 4.25. The van der Waals surface area contributed by atoms with Crippen LogP contribution in [0.3, 0.4) is 0 Å². The second kappa shape index (κ2) is 6.06. The highest BCUT2D eigenvalue weighted by molar-refractivity contribution is 6.32. The first-order chi connectivity index (χ1) is 11.7. The van der Waals surface area contributed by atoms with Crippen molar-refractivity contribution < 1.29 is 4.74 Å². The smallest absolute Gasteiger partial charge is 0.318 e. The van der Waals surface area contributed by atoms with Crippen molar-refractivity contribution in [1.82, 2.24) is 19.5 Å². The number of rotatable bonds is 4. The SMILES string of the molecule is CCc1nc(OC2CC(C)C2)nc(-n2cnc3ccccc32)c1Cl. The molecule has 0 N–H and O–H groups in total. The monoisotopic (exact) mass is 342 g/mol. The third-order valence-corrected chi connectivity index (χ3v) is 4.89. The van der Waals surface area contributed by atoms with Crippen molar-refractivity contribution in [3.05, 3.63) is 41.3 Å². The summed E-state index contributed by atoms with van der Waals surface area (Å²) in [5.41, 5.74) is 2.66. The maximum absolute atomic E-state index is 6.55. The fraction of sp³-hybridized carbons (Fsp3) is 0.389. The van der Waals surface area contributed by atoms with Gasteiger partial charge in [-0.1, -0.05) is 37.6 Å². The van der Waals surface area contributed by atoms with Gasteiger partial charge in [-0.25, -0.2) is 4.98 Å². The highest BCUT2D eigenvalue weighted by atomic mass is 35.5. The van der Waals surface area contributed by atoms with Gasteiger partial charge in [0.05, 0.1) is 16.7 Å². The molecule has 124 valence electrons. The maximum atomic E-state index is 6.55. The lowest BCUT2D eigenvalue weighted by Crippen LogP contribution is -2.32. The average molecular weight is 343 g/mol. The van der Waals surface area contributed by atoms with Crippen molar-refractivity contribution in [2.24, 2.45) is 5.92 Å². The Kier molecular flexibility index (Phi) is 3.88. The number of benzene rings is 1. The highest BCUT2D eigenvalue weighted by Crippen LogP contribution is 2.32. The number of fused-ring (bicyclic) bond motifs is 1. The van der Waals surface area contributed by atoms with E-state index in [2.05, 4.69) is 21.9 Å². The van der Waals surface area contributed by atoms with Crippen molar-refractivity contribution in [3.8, 4) is 11.8 Å². The summed E-state index contributed by atoms with van der Waals surface area (Å²) in [5, 5.41) is 0.551. The molecule has 1 aliphatic carbocycles. The summed E-state index contributed by atoms with van der Waals surface area (Å²) >= 11 is 6.55. The number of hydrogen-bond acceptors (Lipinski definition) is 4. The van der Waals surface area contributed by atoms with E-state index in [0.717, 1.165) is 36.0 Å². The van der Waals surface area contributed by atoms with Gasteiger partial charge in [-0.05, 0) is 37.3 Å². The third-order valence-electron chi connectivity index (χ3n) is 4.50. The quantitative estimate of drug-likeness (QED) is 0.712. The van der Waals surface area contributed by atoms with Crippen molar-refractivity contribution in [1.29, 1.82) is 0 Å². The molecule has 4 rings (SSSR count). The van der Waals surface area contributed by atoms with Gasteiger partial charge >= 0.3 is 6.01 Å². The van der Waals surface area contributed by atoms with Gasteiger partial charge < -0.3 is 4.74 Å². The zero-order chi connectivity index (χ0) is 16.7. The molecular weight excluding hydrogens is 324 g/mol. The molecule has 2 aromatic heterocycles. The zero-order valence-corrected chi connectivity index (χ0v) is 14.5. The molecule has 0 spiro atoms. The molecule has 0 aliphatic heterocycles. The Bertz CT molecular complexity index is 886. The number of hydrogen-bond donors (Lipinski definition) is 0. The fourth-order valence-corrected chi connectivity index (χ4v) is 3.42. The molecule has 6 heteroatoms. The van der Waals surface area contributed by atoms with E-state index >= 15 is 0 Å². The average Bonchev–Trinajstić information content (AvgIpc) is 2.98. The first-order valence-corrected chi connectivity index (χ1v) is 8.69. The molecule has 0 radical (unpaired) electrons. The van der Waals surface area contributed by atoms with Crippen LogP contribution in [-0.2, 0) is 6.42 Å². The zero-order valence-electron chi connectivity index (χ0n) is 13.7. The van der Waals surface area contributed by atoms with E-state index in [1.165, 1.54) is 0 Å². The van der Waals surface area contributed by atoms with Crippen LogP contribution in [0, 0.1) is 5.92 Å². The van der Waals surface area contributed by atoms with E-state index in [1.807, 2.05) is 35.8 Å². The number of ether oxygens (including phenoxy) is 1. The molecule has 1 fully saturated rings. The van der Waals surface area contributed by atoms with Gasteiger partial charge in [0.25, 0.3) is 0 Å². The van der Waals surface area contributed by atoms with Gasteiger partial charge in [-0.3, -0.25) is 4.57 Å². The molecule has 3 aromatic rings. The van der Waals surface area contributed by atoms with Crippen LogP contribution in [-0.4, -0.2) is 25.6 Å². The molecule has 24 heavy (non-hydrogen) atoms. The largest absolute Gasteiger partial charge is 0.460 e. The van der Waals surface area contributed by atoms with E-state index in [-0.39, 0.29) is 6.10 Å². The van der Waals surface area contributed by atoms with Crippen molar-refractivity contribution in [2.45, 2.75) is 39.2 Å². The van der Waals surface area contributed by atoms with Crippen LogP contribution >= 0.6 is 11.6 Å². The number of aromatic nitrogens is 4. The van der Waals surface area contributed by atoms with Crippen LogP contribution < -0.4 is 4.74 Å². The molecule has 1 saturated carbocycles. The molecule has 1 aromatic carbocycles. The number of aryl methyl sites for hydroxylation is 1. The fourth-order valence-electron chi connectivity index (χ4n) is 3.11. The molecule has 0 unspecified atom stereocenters. The number of nitrogens with zero attached hydrogens (tertiary/aromatic N) is 4. The normalized spacial score (nSPS) is 20.1. The van der Waals surface area contributed by atoms with Crippen LogP contribution in [0.15, 0.2) is 30.6 Å². The van der Waals surface area contributed by atoms with E-state index in [4.69, 9.17) is 16.3 Å². The topological polar surface area (TPSA) is 52.8 Å². The lowest BCUT2D eigenvalue weighted by molar-refractivity contribution is 0.0646. The Morgan fingerprint density at radius 1 is 1.25 bits per heavy atom. The van der Waals surface area contributed by atoms with Gasteiger partial charge in [0.2, 0.25) is 0 Å². The Morgan fingerprint density at radius 3 is 2.79 bits per heavy atom. The highest BCUT2D eigenvalue weighted by Gasteiger charge is 2.28. The minimum absolute atomic E-state index is 0.207. The molecule has 1 aliphatic rings. The second-order valence-corrected chi connectivity index (χ2v) is 6.74. The van der Waals surface area contributed by atoms with Crippen LogP contribution in [0.4, 0.5) is 0 Å². The molecule has 0 saturated heterocycles. The molecular formula is C18H19ClN4O. The van der Waals surface area contributed by atoms with Gasteiger partial charge in [0, 0.05) is 0 Å². The van der Waals surface area contributed by atoms with Crippen LogP contribution in [0.5, 0.6) is 6.01 Å². The van der Waals surface area contributed by atoms with Crippen LogP contribution in [0.2, 0.25) is 5.02 Å². The summed E-state index contributed by atoms with van der Waals surface area (Å²) < 4.78 is 7.85. The summed E-state index contributed by atoms with van der Waals surface area (Å²) in [7, 11) is 0. The Balaban J connectivity index is 1.78. The molecule has 5 nitrogen and oxygen atoms in total. The Labute approximate surface area is 145 Å². The number of halogens is 1. The minimum Gasteiger partial charge on any atom is -0.460 e. The molecule has 0 amide bonds. The minimum atomic E-state index is 0.207. The lowest BCUT2D eigenvalue weighted by Gasteiger charge is -2.32. The standard InChI is InChI=1S/C18H19ClN4O/c1-3-13-16(19)17(22-18(21-13)24-12-8-11(2)9-12)23-10-20-14-6-4-5-7-15(14)23/h4-7,10-12H,3,8-9H2,1-2H3. The third kappa shape index (κ3) is 2.63. The van der Waals surface area contributed by atoms with Crippen molar-refractivity contribution in [2.75, 3.05) is 0 Å². The predicted molar refractivity (Wildman–Crippen MR) is 93.9 cm³/mol. The Hall–Kier alpha value is -2.14. The van der Waals surface area contributed by atoms with Gasteiger partial charge in [-0.2, -0.15) is 9.97 Å². The second-order valence-electron chi connectivity index (χ2n) is 6.36. The number of imidazole rings is 1. The van der Waals surface area contributed by atoms with Gasteiger partial charge in [0.15, 0.2) is 5.82 Å².